The minimum atomic E-state index is -2.83. The van der Waals surface area contributed by atoms with Gasteiger partial charge < -0.3 is 10.2 Å². The lowest BCUT2D eigenvalue weighted by Crippen LogP contribution is -2.51. The average molecular weight is 209 g/mol. The van der Waals surface area contributed by atoms with Crippen molar-refractivity contribution in [2.24, 2.45) is 5.92 Å². The van der Waals surface area contributed by atoms with E-state index in [1.54, 1.807) is 6.92 Å². The van der Waals surface area contributed by atoms with Crippen LogP contribution in [-0.4, -0.2) is 53.4 Å². The fraction of sp³-hybridized carbons (Fsp3) is 1.00. The van der Waals surface area contributed by atoms with Gasteiger partial charge in [0.15, 0.2) is 0 Å². The molecule has 0 bridgehead atoms. The molecule has 1 aliphatic rings. The van der Waals surface area contributed by atoms with Crippen LogP contribution >= 0.6 is 0 Å². The summed E-state index contributed by atoms with van der Waals surface area (Å²) < 4.78 is 26.6. The highest BCUT2D eigenvalue weighted by Crippen LogP contribution is 2.32. The van der Waals surface area contributed by atoms with E-state index in [2.05, 4.69) is 0 Å². The van der Waals surface area contributed by atoms with Gasteiger partial charge in [0.2, 0.25) is 0 Å². The molecule has 84 valence electrons. The van der Waals surface area contributed by atoms with E-state index in [-0.39, 0.29) is 19.5 Å². The van der Waals surface area contributed by atoms with Crippen LogP contribution in [0.1, 0.15) is 13.3 Å². The number of aliphatic hydroxyl groups is 2. The number of alkyl halides is 2. The predicted octanol–water partition coefficient (Wildman–Crippen LogP) is 0.317. The molecule has 2 atom stereocenters. The van der Waals surface area contributed by atoms with Crippen LogP contribution in [0.2, 0.25) is 0 Å². The summed E-state index contributed by atoms with van der Waals surface area (Å²) in [6.45, 7) is 1.55. The molecule has 1 rings (SSSR count). The van der Waals surface area contributed by atoms with Crippen molar-refractivity contribution in [3.63, 3.8) is 0 Å². The molecule has 1 fully saturated rings. The molecular weight excluding hydrogens is 192 g/mol. The Morgan fingerprint density at radius 2 is 2.21 bits per heavy atom. The summed E-state index contributed by atoms with van der Waals surface area (Å²) in [6, 6.07) is 0. The van der Waals surface area contributed by atoms with Crippen LogP contribution in [0.3, 0.4) is 0 Å². The molecule has 0 spiro atoms. The number of halogens is 2. The van der Waals surface area contributed by atoms with Gasteiger partial charge in [0.05, 0.1) is 19.3 Å². The van der Waals surface area contributed by atoms with Crippen molar-refractivity contribution in [2.75, 3.05) is 26.2 Å². The molecule has 2 N–H and O–H groups in total. The minimum Gasteiger partial charge on any atom is -0.396 e. The van der Waals surface area contributed by atoms with Gasteiger partial charge in [-0.3, -0.25) is 4.90 Å². The number of aliphatic hydroxyl groups excluding tert-OH is 2. The molecule has 0 radical (unpaired) electrons. The van der Waals surface area contributed by atoms with Crippen molar-refractivity contribution in [1.29, 1.82) is 0 Å². The molecule has 3 nitrogen and oxygen atoms in total. The summed E-state index contributed by atoms with van der Waals surface area (Å²) in [4.78, 5) is 1.54. The molecule has 1 heterocycles. The zero-order valence-corrected chi connectivity index (χ0v) is 8.29. The average Bonchev–Trinajstić information content (AvgIpc) is 2.01. The number of piperidine rings is 1. The van der Waals surface area contributed by atoms with Crippen LogP contribution in [0.5, 0.6) is 0 Å². The van der Waals surface area contributed by atoms with Crippen LogP contribution in [0, 0.1) is 5.92 Å². The Bertz CT molecular complexity index is 188. The van der Waals surface area contributed by atoms with Gasteiger partial charge in [-0.05, 0) is 19.9 Å². The summed E-state index contributed by atoms with van der Waals surface area (Å²) >= 11 is 0. The van der Waals surface area contributed by atoms with E-state index in [0.29, 0.717) is 6.54 Å². The van der Waals surface area contributed by atoms with Gasteiger partial charge in [-0.2, -0.15) is 0 Å². The lowest BCUT2D eigenvalue weighted by Gasteiger charge is -2.37. The molecule has 1 aliphatic heterocycles. The fourth-order valence-corrected chi connectivity index (χ4v) is 1.81. The Morgan fingerprint density at radius 3 is 2.64 bits per heavy atom. The summed E-state index contributed by atoms with van der Waals surface area (Å²) in [5.74, 6) is -3.75. The number of rotatable bonds is 3. The normalized spacial score (nSPS) is 30.2. The second-order valence-corrected chi connectivity index (χ2v) is 4.01. The number of nitrogens with zero attached hydrogens (tertiary/aromatic N) is 1. The highest BCUT2D eigenvalue weighted by Gasteiger charge is 2.43. The Kier molecular flexibility index (Phi) is 3.80. The third-order valence-electron chi connectivity index (χ3n) is 2.57. The second kappa shape index (κ2) is 4.51. The van der Waals surface area contributed by atoms with Crippen molar-refractivity contribution in [1.82, 2.24) is 4.90 Å². The van der Waals surface area contributed by atoms with E-state index < -0.39 is 24.6 Å². The van der Waals surface area contributed by atoms with Gasteiger partial charge in [-0.1, -0.05) is 0 Å². The fourth-order valence-electron chi connectivity index (χ4n) is 1.81. The Balaban J connectivity index is 2.49. The van der Waals surface area contributed by atoms with Crippen molar-refractivity contribution in [3.8, 4) is 0 Å². The quantitative estimate of drug-likeness (QED) is 0.703. The third kappa shape index (κ3) is 2.87. The maximum Gasteiger partial charge on any atom is 0.265 e. The molecule has 1 saturated heterocycles. The van der Waals surface area contributed by atoms with Gasteiger partial charge in [0.25, 0.3) is 5.92 Å². The van der Waals surface area contributed by atoms with Crippen molar-refractivity contribution in [3.05, 3.63) is 0 Å². The predicted molar refractivity (Wildman–Crippen MR) is 48.3 cm³/mol. The summed E-state index contributed by atoms with van der Waals surface area (Å²) in [7, 11) is 0. The largest absolute Gasteiger partial charge is 0.396 e. The van der Waals surface area contributed by atoms with Crippen LogP contribution in [0.15, 0.2) is 0 Å². The molecule has 0 aromatic carbocycles. The minimum absolute atomic E-state index is 0.272. The first-order valence-electron chi connectivity index (χ1n) is 4.85. The zero-order chi connectivity index (χ0) is 10.8. The number of hydrogen-bond acceptors (Lipinski definition) is 3. The smallest absolute Gasteiger partial charge is 0.265 e. The molecule has 5 heteroatoms. The zero-order valence-electron chi connectivity index (χ0n) is 8.29. The maximum absolute atomic E-state index is 13.3. The first-order chi connectivity index (χ1) is 6.45. The van der Waals surface area contributed by atoms with Crippen molar-refractivity contribution >= 4 is 0 Å². The van der Waals surface area contributed by atoms with E-state index in [1.807, 2.05) is 0 Å². The Morgan fingerprint density at radius 1 is 1.57 bits per heavy atom. The van der Waals surface area contributed by atoms with Crippen LogP contribution in [0.4, 0.5) is 8.78 Å². The van der Waals surface area contributed by atoms with E-state index in [1.165, 1.54) is 4.90 Å². The highest BCUT2D eigenvalue weighted by atomic mass is 19.3. The molecular formula is C9H17F2NO2. The van der Waals surface area contributed by atoms with E-state index in [9.17, 15) is 8.78 Å². The number of likely N-dealkylation sites (tertiary alicyclic amines) is 1. The highest BCUT2D eigenvalue weighted by molar-refractivity contribution is 4.86. The van der Waals surface area contributed by atoms with Gasteiger partial charge in [0.1, 0.15) is 0 Å². The van der Waals surface area contributed by atoms with E-state index >= 15 is 0 Å². The molecule has 0 aromatic rings. The number of β-amino-alcohol motifs (C(OH)–C–C–N with tert-alkyl or cyclic N) is 1. The first kappa shape index (κ1) is 11.8. The van der Waals surface area contributed by atoms with Gasteiger partial charge in [-0.25, -0.2) is 8.78 Å². The third-order valence-corrected chi connectivity index (χ3v) is 2.57. The second-order valence-electron chi connectivity index (χ2n) is 4.01. The standard InChI is InChI=1S/C9H17F2NO2/c1-7(14)4-12-3-2-8(5-13)9(10,11)6-12/h7-8,13-14H,2-6H2,1H3/t7-,8?/m0/s1. The van der Waals surface area contributed by atoms with Crippen LogP contribution in [-0.2, 0) is 0 Å². The van der Waals surface area contributed by atoms with Crippen LogP contribution < -0.4 is 0 Å². The molecule has 14 heavy (non-hydrogen) atoms. The van der Waals surface area contributed by atoms with Gasteiger partial charge in [-0.15, -0.1) is 0 Å². The Labute approximate surface area is 82.3 Å². The lowest BCUT2D eigenvalue weighted by atomic mass is 9.93. The van der Waals surface area contributed by atoms with Gasteiger partial charge in [0, 0.05) is 12.5 Å². The summed E-state index contributed by atoms with van der Waals surface area (Å²) in [6.07, 6.45) is -0.299. The van der Waals surface area contributed by atoms with Crippen LogP contribution in [0.25, 0.3) is 0 Å². The first-order valence-corrected chi connectivity index (χ1v) is 4.85. The van der Waals surface area contributed by atoms with E-state index in [4.69, 9.17) is 10.2 Å². The summed E-state index contributed by atoms with van der Waals surface area (Å²) in [5, 5.41) is 17.8. The maximum atomic E-state index is 13.3. The van der Waals surface area contributed by atoms with Crippen molar-refractivity contribution in [2.45, 2.75) is 25.4 Å². The SMILES string of the molecule is C[C@H](O)CN1CCC(CO)C(F)(F)C1. The molecule has 0 aliphatic carbocycles. The summed E-state index contributed by atoms with van der Waals surface area (Å²) in [5.41, 5.74) is 0. The molecule has 0 amide bonds. The van der Waals surface area contributed by atoms with Gasteiger partial charge >= 0.3 is 0 Å². The number of hydrogen-bond donors (Lipinski definition) is 2. The monoisotopic (exact) mass is 209 g/mol. The van der Waals surface area contributed by atoms with E-state index in [0.717, 1.165) is 0 Å². The molecule has 0 saturated carbocycles. The molecule has 1 unspecified atom stereocenters. The lowest BCUT2D eigenvalue weighted by molar-refractivity contribution is -0.127. The Hall–Kier alpha value is -0.260. The van der Waals surface area contributed by atoms with Crippen molar-refractivity contribution < 1.29 is 19.0 Å². The molecule has 0 aromatic heterocycles. The topological polar surface area (TPSA) is 43.7 Å².